The van der Waals surface area contributed by atoms with E-state index < -0.39 is 0 Å². The quantitative estimate of drug-likeness (QED) is 0.823. The first-order valence-electron chi connectivity index (χ1n) is 6.05. The molecule has 0 fully saturated rings. The minimum Gasteiger partial charge on any atom is -0.315 e. The van der Waals surface area contributed by atoms with Crippen molar-refractivity contribution in [1.29, 1.82) is 0 Å². The van der Waals surface area contributed by atoms with Crippen LogP contribution in [0.5, 0.6) is 0 Å². The van der Waals surface area contributed by atoms with Gasteiger partial charge in [0, 0.05) is 6.04 Å². The van der Waals surface area contributed by atoms with E-state index >= 15 is 0 Å². The van der Waals surface area contributed by atoms with Crippen molar-refractivity contribution in [3.05, 3.63) is 33.8 Å². The fourth-order valence-electron chi connectivity index (χ4n) is 2.22. The van der Waals surface area contributed by atoms with Gasteiger partial charge in [0.1, 0.15) is 0 Å². The highest BCUT2D eigenvalue weighted by molar-refractivity contribution is 6.42. The molecule has 1 nitrogen and oxygen atoms in total. The lowest BCUT2D eigenvalue weighted by Crippen LogP contribution is -2.33. The lowest BCUT2D eigenvalue weighted by molar-refractivity contribution is 0.394. The first kappa shape index (κ1) is 14.8. The summed E-state index contributed by atoms with van der Waals surface area (Å²) in [6.45, 7) is 9.81. The van der Waals surface area contributed by atoms with Crippen LogP contribution in [-0.2, 0) is 5.41 Å². The molecule has 17 heavy (non-hydrogen) atoms. The van der Waals surface area contributed by atoms with Gasteiger partial charge < -0.3 is 5.32 Å². The number of nitrogens with one attached hydrogen (secondary N) is 1. The van der Waals surface area contributed by atoms with E-state index in [0.29, 0.717) is 16.1 Å². The second-order valence-electron chi connectivity index (χ2n) is 5.18. The summed E-state index contributed by atoms with van der Waals surface area (Å²) in [7, 11) is 0. The van der Waals surface area contributed by atoms with Crippen molar-refractivity contribution in [3.8, 4) is 0 Å². The summed E-state index contributed by atoms with van der Waals surface area (Å²) in [6, 6.07) is 6.40. The van der Waals surface area contributed by atoms with E-state index in [9.17, 15) is 0 Å². The number of rotatable bonds is 5. The molecule has 1 aromatic rings. The highest BCUT2D eigenvalue weighted by atomic mass is 35.5. The van der Waals surface area contributed by atoms with Gasteiger partial charge in [0.15, 0.2) is 0 Å². The van der Waals surface area contributed by atoms with Crippen LogP contribution < -0.4 is 5.32 Å². The van der Waals surface area contributed by atoms with E-state index in [-0.39, 0.29) is 5.41 Å². The van der Waals surface area contributed by atoms with Crippen LogP contribution in [0.4, 0.5) is 0 Å². The minimum absolute atomic E-state index is 0.0931. The Labute approximate surface area is 115 Å². The van der Waals surface area contributed by atoms with Crippen LogP contribution in [0.2, 0.25) is 10.0 Å². The molecule has 96 valence electrons. The molecular formula is C14H21Cl2N. The zero-order valence-corrected chi connectivity index (χ0v) is 12.5. The van der Waals surface area contributed by atoms with Crippen LogP contribution in [0.1, 0.15) is 39.7 Å². The van der Waals surface area contributed by atoms with E-state index in [2.05, 4.69) is 39.1 Å². The Hall–Kier alpha value is -0.240. The maximum atomic E-state index is 6.07. The normalized spacial score (nSPS) is 13.8. The zero-order valence-electron chi connectivity index (χ0n) is 11.0. The second-order valence-corrected chi connectivity index (χ2v) is 5.99. The van der Waals surface area contributed by atoms with E-state index in [4.69, 9.17) is 23.2 Å². The number of hydrogen-bond acceptors (Lipinski definition) is 1. The third-order valence-corrected chi connectivity index (χ3v) is 3.81. The lowest BCUT2D eigenvalue weighted by atomic mass is 9.79. The Morgan fingerprint density at radius 1 is 1.24 bits per heavy atom. The fraction of sp³-hybridized carbons (Fsp3) is 0.571. The maximum Gasteiger partial charge on any atom is 0.0595 e. The van der Waals surface area contributed by atoms with Crippen molar-refractivity contribution in [2.45, 2.75) is 45.6 Å². The summed E-state index contributed by atoms with van der Waals surface area (Å²) >= 11 is 12.0. The molecule has 0 aliphatic heterocycles. The zero-order chi connectivity index (χ0) is 13.1. The largest absolute Gasteiger partial charge is 0.315 e. The molecular weight excluding hydrogens is 253 g/mol. The second kappa shape index (κ2) is 6.08. The van der Waals surface area contributed by atoms with Crippen LogP contribution in [0.25, 0.3) is 0 Å². The van der Waals surface area contributed by atoms with Gasteiger partial charge in [-0.15, -0.1) is 0 Å². The van der Waals surface area contributed by atoms with Gasteiger partial charge in [0.2, 0.25) is 0 Å². The van der Waals surface area contributed by atoms with E-state index in [1.54, 1.807) is 0 Å². The molecule has 0 bridgehead atoms. The first-order chi connectivity index (χ1) is 7.86. The molecule has 0 amide bonds. The molecule has 0 aliphatic carbocycles. The van der Waals surface area contributed by atoms with Crippen molar-refractivity contribution >= 4 is 23.2 Å². The van der Waals surface area contributed by atoms with Crippen LogP contribution >= 0.6 is 23.2 Å². The highest BCUT2D eigenvalue weighted by Gasteiger charge is 2.23. The number of halogens is 2. The van der Waals surface area contributed by atoms with E-state index in [1.165, 1.54) is 5.56 Å². The van der Waals surface area contributed by atoms with E-state index in [0.717, 1.165) is 13.0 Å². The Morgan fingerprint density at radius 2 is 1.88 bits per heavy atom. The smallest absolute Gasteiger partial charge is 0.0595 e. The van der Waals surface area contributed by atoms with Crippen LogP contribution in [0.15, 0.2) is 18.2 Å². The molecule has 1 atom stereocenters. The molecule has 1 aromatic carbocycles. The average Bonchev–Trinajstić information content (AvgIpc) is 2.21. The van der Waals surface area contributed by atoms with Crippen LogP contribution in [-0.4, -0.2) is 12.6 Å². The SMILES string of the molecule is CCNC(C)CC(C)(C)c1ccc(Cl)c(Cl)c1. The predicted molar refractivity (Wildman–Crippen MR) is 77.2 cm³/mol. The van der Waals surface area contributed by atoms with Gasteiger partial charge in [-0.25, -0.2) is 0 Å². The Bertz CT molecular complexity index is 374. The molecule has 0 aromatic heterocycles. The standard InChI is InChI=1S/C14H21Cl2N/c1-5-17-10(2)9-14(3,4)11-6-7-12(15)13(16)8-11/h6-8,10,17H,5,9H2,1-4H3. The van der Waals surface area contributed by atoms with Gasteiger partial charge in [0.25, 0.3) is 0 Å². The summed E-state index contributed by atoms with van der Waals surface area (Å²) in [5, 5.41) is 4.69. The van der Waals surface area contributed by atoms with Gasteiger partial charge in [-0.05, 0) is 43.0 Å². The van der Waals surface area contributed by atoms with Crippen molar-refractivity contribution in [2.75, 3.05) is 6.54 Å². The third kappa shape index (κ3) is 4.17. The lowest BCUT2D eigenvalue weighted by Gasteiger charge is -2.29. The molecule has 1 unspecified atom stereocenters. The van der Waals surface area contributed by atoms with Crippen LogP contribution in [0.3, 0.4) is 0 Å². The van der Waals surface area contributed by atoms with Crippen molar-refractivity contribution in [3.63, 3.8) is 0 Å². The van der Waals surface area contributed by atoms with Crippen molar-refractivity contribution in [1.82, 2.24) is 5.32 Å². The van der Waals surface area contributed by atoms with Crippen LogP contribution in [0, 0.1) is 0 Å². The summed E-state index contributed by atoms with van der Waals surface area (Å²) in [4.78, 5) is 0. The molecule has 0 aliphatic rings. The Balaban J connectivity index is 2.84. The Morgan fingerprint density at radius 3 is 2.41 bits per heavy atom. The minimum atomic E-state index is 0.0931. The summed E-state index contributed by atoms with van der Waals surface area (Å²) in [5.41, 5.74) is 1.33. The summed E-state index contributed by atoms with van der Waals surface area (Å²) in [5.74, 6) is 0. The summed E-state index contributed by atoms with van der Waals surface area (Å²) in [6.07, 6.45) is 1.07. The fourth-order valence-corrected chi connectivity index (χ4v) is 2.52. The van der Waals surface area contributed by atoms with Gasteiger partial charge in [-0.1, -0.05) is 50.0 Å². The molecule has 0 heterocycles. The van der Waals surface area contributed by atoms with Gasteiger partial charge in [-0.3, -0.25) is 0 Å². The van der Waals surface area contributed by atoms with Gasteiger partial charge >= 0.3 is 0 Å². The topological polar surface area (TPSA) is 12.0 Å². The van der Waals surface area contributed by atoms with Crippen molar-refractivity contribution < 1.29 is 0 Å². The Kier molecular flexibility index (Phi) is 5.30. The third-order valence-electron chi connectivity index (χ3n) is 3.07. The maximum absolute atomic E-state index is 6.07. The van der Waals surface area contributed by atoms with E-state index in [1.807, 2.05) is 12.1 Å². The molecule has 0 spiro atoms. The number of hydrogen-bond donors (Lipinski definition) is 1. The number of benzene rings is 1. The predicted octanol–water partition coefficient (Wildman–Crippen LogP) is 4.66. The van der Waals surface area contributed by atoms with Gasteiger partial charge in [-0.2, -0.15) is 0 Å². The average molecular weight is 274 g/mol. The van der Waals surface area contributed by atoms with Gasteiger partial charge in [0.05, 0.1) is 10.0 Å². The molecule has 3 heteroatoms. The molecule has 0 saturated heterocycles. The molecule has 1 rings (SSSR count). The molecule has 1 N–H and O–H groups in total. The molecule has 0 saturated carbocycles. The molecule has 0 radical (unpaired) electrons. The monoisotopic (exact) mass is 273 g/mol. The first-order valence-corrected chi connectivity index (χ1v) is 6.81. The summed E-state index contributed by atoms with van der Waals surface area (Å²) < 4.78 is 0. The highest BCUT2D eigenvalue weighted by Crippen LogP contribution is 2.32. The van der Waals surface area contributed by atoms with Crippen molar-refractivity contribution in [2.24, 2.45) is 0 Å².